The Kier molecular flexibility index (Phi) is 9.59. The lowest BCUT2D eigenvalue weighted by atomic mass is 10.1. The summed E-state index contributed by atoms with van der Waals surface area (Å²) in [5.74, 6) is 0. The minimum atomic E-state index is -0.429. The molecule has 0 radical (unpaired) electrons. The van der Waals surface area contributed by atoms with Crippen molar-refractivity contribution in [2.24, 2.45) is 10.2 Å². The average molecular weight is 440 g/mol. The monoisotopic (exact) mass is 439 g/mol. The van der Waals surface area contributed by atoms with Crippen LogP contribution in [0, 0.1) is 10.1 Å². The third kappa shape index (κ3) is 7.69. The zero-order chi connectivity index (χ0) is 22.6. The molecule has 0 N–H and O–H groups in total. The summed E-state index contributed by atoms with van der Waals surface area (Å²) >= 11 is 0. The van der Waals surface area contributed by atoms with Crippen molar-refractivity contribution >= 4 is 22.7 Å². The van der Waals surface area contributed by atoms with Crippen molar-refractivity contribution in [2.75, 3.05) is 37.7 Å². The number of nitrogens with zero attached hydrogens (tertiary/aromatic N) is 5. The molecule has 8 nitrogen and oxygen atoms in total. The lowest BCUT2D eigenvalue weighted by molar-refractivity contribution is -0.384. The Labute approximate surface area is 190 Å². The summed E-state index contributed by atoms with van der Waals surface area (Å²) < 4.78 is 0. The average Bonchev–Trinajstić information content (AvgIpc) is 2.83. The highest BCUT2D eigenvalue weighted by Gasteiger charge is 2.17. The fourth-order valence-electron chi connectivity index (χ4n) is 3.64. The summed E-state index contributed by atoms with van der Waals surface area (Å²) in [4.78, 5) is 18.6. The molecule has 1 saturated heterocycles. The third-order valence-electron chi connectivity index (χ3n) is 5.57. The van der Waals surface area contributed by atoms with E-state index >= 15 is 0 Å². The Bertz CT molecular complexity index is 847. The van der Waals surface area contributed by atoms with Gasteiger partial charge in [0.1, 0.15) is 0 Å². The molecule has 8 heteroatoms. The topological polar surface area (TPSA) is 83.6 Å². The lowest BCUT2D eigenvalue weighted by Crippen LogP contribution is -2.46. The van der Waals surface area contributed by atoms with Gasteiger partial charge in [-0.1, -0.05) is 39.0 Å². The van der Waals surface area contributed by atoms with E-state index in [2.05, 4.69) is 39.2 Å². The van der Waals surface area contributed by atoms with Crippen LogP contribution in [-0.4, -0.2) is 42.8 Å². The van der Waals surface area contributed by atoms with Gasteiger partial charge in [-0.25, -0.2) is 0 Å². The fourth-order valence-corrected chi connectivity index (χ4v) is 3.64. The van der Waals surface area contributed by atoms with Crippen LogP contribution in [0.4, 0.5) is 22.7 Å². The molecule has 1 heterocycles. The van der Waals surface area contributed by atoms with E-state index in [0.717, 1.165) is 50.6 Å². The normalized spacial score (nSPS) is 14.8. The fraction of sp³-hybridized carbons (Fsp3) is 0.500. The number of nitro benzene ring substituents is 1. The molecular weight excluding hydrogens is 406 g/mol. The second kappa shape index (κ2) is 12.9. The van der Waals surface area contributed by atoms with Gasteiger partial charge in [-0.15, -0.1) is 0 Å². The number of piperazine rings is 1. The molecule has 1 aliphatic rings. The van der Waals surface area contributed by atoms with Crippen molar-refractivity contribution in [3.63, 3.8) is 0 Å². The van der Waals surface area contributed by atoms with E-state index in [1.807, 2.05) is 12.1 Å². The van der Waals surface area contributed by atoms with Crippen molar-refractivity contribution < 1.29 is 9.76 Å². The van der Waals surface area contributed by atoms with Gasteiger partial charge in [-0.05, 0) is 42.8 Å². The smallest absolute Gasteiger partial charge is 0.269 e. The maximum atomic E-state index is 10.7. The van der Waals surface area contributed by atoms with Crippen LogP contribution >= 0.6 is 0 Å². The predicted molar refractivity (Wildman–Crippen MR) is 127 cm³/mol. The summed E-state index contributed by atoms with van der Waals surface area (Å²) in [5.41, 5.74) is 2.53. The highest BCUT2D eigenvalue weighted by atomic mass is 16.7. The Balaban J connectivity index is 1.38. The van der Waals surface area contributed by atoms with E-state index < -0.39 is 4.92 Å². The van der Waals surface area contributed by atoms with Crippen molar-refractivity contribution in [3.8, 4) is 0 Å². The second-order valence-corrected chi connectivity index (χ2v) is 8.01. The maximum Gasteiger partial charge on any atom is 0.269 e. The van der Waals surface area contributed by atoms with Gasteiger partial charge in [0.05, 0.1) is 22.9 Å². The number of non-ortho nitro benzene ring substituents is 1. The molecule has 0 atom stereocenters. The number of benzene rings is 2. The minimum Gasteiger partial charge on any atom is -0.369 e. The van der Waals surface area contributed by atoms with Crippen LogP contribution in [-0.2, 0) is 4.84 Å². The summed E-state index contributed by atoms with van der Waals surface area (Å²) in [5, 5.41) is 21.2. The first-order chi connectivity index (χ1) is 15.7. The molecule has 1 fully saturated rings. The van der Waals surface area contributed by atoms with Crippen LogP contribution in [0.15, 0.2) is 58.8 Å². The molecule has 2 aromatic carbocycles. The van der Waals surface area contributed by atoms with Crippen LogP contribution in [0.25, 0.3) is 0 Å². The molecule has 2 aromatic rings. The zero-order valence-electron chi connectivity index (χ0n) is 18.9. The number of hydrogen-bond donors (Lipinski definition) is 0. The number of nitro groups is 1. The molecule has 172 valence electrons. The van der Waals surface area contributed by atoms with Gasteiger partial charge in [0, 0.05) is 44.0 Å². The summed E-state index contributed by atoms with van der Waals surface area (Å²) in [6.45, 7) is 6.72. The van der Waals surface area contributed by atoms with Gasteiger partial charge in [0.15, 0.2) is 0 Å². The maximum absolute atomic E-state index is 10.7. The largest absolute Gasteiger partial charge is 0.369 e. The van der Waals surface area contributed by atoms with E-state index in [9.17, 15) is 10.1 Å². The molecule has 3 rings (SSSR count). The predicted octanol–water partition coefficient (Wildman–Crippen LogP) is 6.42. The van der Waals surface area contributed by atoms with Gasteiger partial charge in [0.25, 0.3) is 5.69 Å². The number of unbranched alkanes of at least 4 members (excludes halogenated alkanes) is 5. The molecule has 0 unspecified atom stereocenters. The zero-order valence-corrected chi connectivity index (χ0v) is 18.9. The van der Waals surface area contributed by atoms with Gasteiger partial charge in [-0.2, -0.15) is 15.3 Å². The first-order valence-electron chi connectivity index (χ1n) is 11.5. The van der Waals surface area contributed by atoms with E-state index in [0.29, 0.717) is 5.69 Å². The molecule has 0 aliphatic carbocycles. The molecule has 0 amide bonds. The molecule has 0 aromatic heterocycles. The Morgan fingerprint density at radius 2 is 1.41 bits per heavy atom. The van der Waals surface area contributed by atoms with Gasteiger partial charge in [-0.3, -0.25) is 15.0 Å². The number of rotatable bonds is 12. The number of hydroxylamine groups is 2. The van der Waals surface area contributed by atoms with Gasteiger partial charge >= 0.3 is 0 Å². The van der Waals surface area contributed by atoms with Crippen molar-refractivity contribution in [1.82, 2.24) is 5.06 Å². The summed E-state index contributed by atoms with van der Waals surface area (Å²) in [6.07, 6.45) is 7.68. The van der Waals surface area contributed by atoms with Gasteiger partial charge in [0.2, 0.25) is 0 Å². The van der Waals surface area contributed by atoms with Crippen LogP contribution in [0.1, 0.15) is 45.4 Å². The Hall–Kier alpha value is -2.84. The summed E-state index contributed by atoms with van der Waals surface area (Å²) in [6, 6.07) is 14.0. The van der Waals surface area contributed by atoms with Crippen molar-refractivity contribution in [3.05, 3.63) is 58.6 Å². The Morgan fingerprint density at radius 3 is 2.00 bits per heavy atom. The van der Waals surface area contributed by atoms with E-state index in [-0.39, 0.29) is 5.69 Å². The first kappa shape index (κ1) is 23.8. The summed E-state index contributed by atoms with van der Waals surface area (Å²) in [7, 11) is 0. The molecule has 0 bridgehead atoms. The van der Waals surface area contributed by atoms with Crippen molar-refractivity contribution in [1.29, 1.82) is 0 Å². The van der Waals surface area contributed by atoms with E-state index in [1.165, 1.54) is 44.2 Å². The van der Waals surface area contributed by atoms with Crippen LogP contribution in [0.2, 0.25) is 0 Å². The lowest BCUT2D eigenvalue weighted by Gasteiger charge is -2.35. The van der Waals surface area contributed by atoms with Crippen LogP contribution in [0.3, 0.4) is 0 Å². The molecule has 32 heavy (non-hydrogen) atoms. The first-order valence-corrected chi connectivity index (χ1v) is 11.5. The molecule has 1 aliphatic heterocycles. The van der Waals surface area contributed by atoms with Gasteiger partial charge < -0.3 is 4.90 Å². The molecule has 0 saturated carbocycles. The highest BCUT2D eigenvalue weighted by molar-refractivity contribution is 5.53. The highest BCUT2D eigenvalue weighted by Crippen LogP contribution is 2.24. The van der Waals surface area contributed by atoms with Crippen LogP contribution < -0.4 is 4.90 Å². The standard InChI is InChI=1S/C24H33N5O3/c1-2-3-4-5-6-7-20-32-28-18-16-27(17-19-28)23-12-8-21(9-13-23)25-26-22-10-14-24(15-11-22)29(30)31/h8-15H,2-7,16-20H2,1H3. The van der Waals surface area contributed by atoms with E-state index in [1.54, 1.807) is 12.1 Å². The number of anilines is 1. The number of hydrogen-bond acceptors (Lipinski definition) is 7. The molecule has 0 spiro atoms. The minimum absolute atomic E-state index is 0.0428. The van der Waals surface area contributed by atoms with Crippen LogP contribution in [0.5, 0.6) is 0 Å². The Morgan fingerprint density at radius 1 is 0.844 bits per heavy atom. The second-order valence-electron chi connectivity index (χ2n) is 8.01. The van der Waals surface area contributed by atoms with Crippen molar-refractivity contribution in [2.45, 2.75) is 45.4 Å². The molecular formula is C24H33N5O3. The quantitative estimate of drug-likeness (QED) is 0.165. The SMILES string of the molecule is CCCCCCCCON1CCN(c2ccc(N=Nc3ccc([N+](=O)[O-])cc3)cc2)CC1. The van der Waals surface area contributed by atoms with E-state index in [4.69, 9.17) is 4.84 Å². The number of azo groups is 1. The third-order valence-corrected chi connectivity index (χ3v) is 5.57.